The Morgan fingerprint density at radius 3 is 2.13 bits per heavy atom. The Morgan fingerprint density at radius 1 is 0.839 bits per heavy atom. The van der Waals surface area contributed by atoms with Gasteiger partial charge >= 0.3 is 17.9 Å². The van der Waals surface area contributed by atoms with E-state index < -0.39 is 0 Å². The van der Waals surface area contributed by atoms with Crippen molar-refractivity contribution in [3.8, 4) is 0 Å². The minimum Gasteiger partial charge on any atom is -0.465 e. The largest absolute Gasteiger partial charge is 0.465 e. The number of fused-ring (bicyclic) bond motifs is 6. The van der Waals surface area contributed by atoms with Gasteiger partial charge in [-0.25, -0.2) is 0 Å². The van der Waals surface area contributed by atoms with Crippen molar-refractivity contribution in [2.75, 3.05) is 13.2 Å². The molecule has 174 valence electrons. The lowest BCUT2D eigenvalue weighted by Crippen LogP contribution is -2.29. The summed E-state index contributed by atoms with van der Waals surface area (Å²) in [5.41, 5.74) is 0. The van der Waals surface area contributed by atoms with Gasteiger partial charge in [0.05, 0.1) is 37.6 Å². The highest BCUT2D eigenvalue weighted by molar-refractivity contribution is 5.77. The highest BCUT2D eigenvalue weighted by Crippen LogP contribution is 2.55. The Labute approximate surface area is 184 Å². The molecule has 7 rings (SSSR count). The third-order valence-corrected chi connectivity index (χ3v) is 8.02. The van der Waals surface area contributed by atoms with Crippen LogP contribution in [0.2, 0.25) is 0 Å². The Morgan fingerprint density at radius 2 is 1.58 bits per heavy atom. The van der Waals surface area contributed by atoms with Crippen LogP contribution in [0.1, 0.15) is 59.8 Å². The minimum atomic E-state index is -0.0486. The average Bonchev–Trinajstić information content (AvgIpc) is 3.57. The summed E-state index contributed by atoms with van der Waals surface area (Å²) < 4.78 is 20.5. The van der Waals surface area contributed by atoms with E-state index in [4.69, 9.17) is 14.2 Å². The van der Waals surface area contributed by atoms with Gasteiger partial charge in [0.2, 0.25) is 0 Å². The van der Waals surface area contributed by atoms with Gasteiger partial charge in [0, 0.05) is 17.8 Å². The lowest BCUT2D eigenvalue weighted by molar-refractivity contribution is -0.144. The van der Waals surface area contributed by atoms with Crippen molar-refractivity contribution in [1.82, 2.24) is 0 Å². The maximum atomic E-state index is 11.2. The van der Waals surface area contributed by atoms with Crippen molar-refractivity contribution in [1.29, 1.82) is 0 Å². The molecular formula is C24H36O7. The van der Waals surface area contributed by atoms with Crippen LogP contribution in [0.3, 0.4) is 0 Å². The van der Waals surface area contributed by atoms with E-state index in [1.54, 1.807) is 0 Å². The smallest absolute Gasteiger partial charge is 0.312 e. The van der Waals surface area contributed by atoms with Gasteiger partial charge in [0.15, 0.2) is 0 Å². The number of cyclic esters (lactones) is 2. The number of carbonyl (C=O) groups excluding carboxylic acids is 3. The molecule has 0 N–H and O–H groups in total. The second kappa shape index (κ2) is 9.08. The molecule has 0 radical (unpaired) electrons. The number of rotatable bonds is 0. The number of hydrogen-bond donors (Lipinski definition) is 0. The Balaban J connectivity index is 0.000000111. The predicted molar refractivity (Wildman–Crippen MR) is 111 cm³/mol. The Hall–Kier alpha value is -1.63. The lowest BCUT2D eigenvalue weighted by atomic mass is 9.81. The first-order chi connectivity index (χ1) is 14.9. The molecule has 7 heteroatoms. The zero-order chi connectivity index (χ0) is 22.3. The molecular weight excluding hydrogens is 400 g/mol. The fraction of sp³-hybridized carbons (Fsp3) is 0.875. The molecule has 10 atom stereocenters. The molecule has 0 aromatic heterocycles. The highest BCUT2D eigenvalue weighted by atomic mass is 16.6. The van der Waals surface area contributed by atoms with E-state index >= 15 is 0 Å². The van der Waals surface area contributed by atoms with Gasteiger partial charge in [-0.2, -0.15) is 0 Å². The molecule has 5 saturated heterocycles. The molecule has 8 unspecified atom stereocenters. The third kappa shape index (κ3) is 4.10. The quantitative estimate of drug-likeness (QED) is 0.426. The summed E-state index contributed by atoms with van der Waals surface area (Å²) in [6.07, 6.45) is 5.91. The highest BCUT2D eigenvalue weighted by Gasteiger charge is 2.61. The summed E-state index contributed by atoms with van der Waals surface area (Å²) in [6, 6.07) is 0. The lowest BCUT2D eigenvalue weighted by Gasteiger charge is -2.19. The topological polar surface area (TPSA) is 88.1 Å². The fourth-order valence-corrected chi connectivity index (χ4v) is 6.45. The van der Waals surface area contributed by atoms with Gasteiger partial charge in [-0.05, 0) is 37.5 Å². The van der Waals surface area contributed by atoms with Crippen molar-refractivity contribution < 1.29 is 33.3 Å². The monoisotopic (exact) mass is 436 g/mol. The molecule has 4 bridgehead atoms. The van der Waals surface area contributed by atoms with E-state index in [2.05, 4.69) is 11.7 Å². The minimum absolute atomic E-state index is 0.0353. The summed E-state index contributed by atoms with van der Waals surface area (Å²) in [5, 5.41) is 0. The fourth-order valence-electron chi connectivity index (χ4n) is 6.45. The number of esters is 3. The third-order valence-electron chi connectivity index (χ3n) is 8.02. The molecule has 7 fully saturated rings. The van der Waals surface area contributed by atoms with E-state index in [1.165, 1.54) is 19.3 Å². The summed E-state index contributed by atoms with van der Waals surface area (Å²) in [5.74, 6) is 3.41. The van der Waals surface area contributed by atoms with Crippen LogP contribution in [0.4, 0.5) is 0 Å². The van der Waals surface area contributed by atoms with Gasteiger partial charge in [-0.3, -0.25) is 14.4 Å². The first kappa shape index (κ1) is 22.6. The maximum Gasteiger partial charge on any atom is 0.312 e. The molecule has 7 aliphatic rings. The molecule has 5 heterocycles. The number of carbonyl (C=O) groups is 3. The van der Waals surface area contributed by atoms with Crippen LogP contribution in [0.25, 0.3) is 0 Å². The van der Waals surface area contributed by atoms with Crippen molar-refractivity contribution in [3.05, 3.63) is 0 Å². The number of hydrogen-bond acceptors (Lipinski definition) is 7. The summed E-state index contributed by atoms with van der Waals surface area (Å²) >= 11 is 0. The van der Waals surface area contributed by atoms with E-state index in [-0.39, 0.29) is 36.0 Å². The van der Waals surface area contributed by atoms with Crippen LogP contribution in [0, 0.1) is 41.4 Å². The van der Waals surface area contributed by atoms with Crippen LogP contribution in [0.5, 0.6) is 0 Å². The van der Waals surface area contributed by atoms with Crippen molar-refractivity contribution in [3.63, 3.8) is 0 Å². The second-order valence-electron chi connectivity index (χ2n) is 9.89. The molecule has 2 saturated carbocycles. The normalized spacial score (nSPS) is 46.6. The summed E-state index contributed by atoms with van der Waals surface area (Å²) in [4.78, 5) is 32.6. The molecule has 2 aliphatic carbocycles. The van der Waals surface area contributed by atoms with Gasteiger partial charge in [0.25, 0.3) is 0 Å². The molecule has 0 aromatic carbocycles. The van der Waals surface area contributed by atoms with E-state index in [0.29, 0.717) is 48.7 Å². The van der Waals surface area contributed by atoms with Gasteiger partial charge in [0.1, 0.15) is 12.2 Å². The van der Waals surface area contributed by atoms with Crippen LogP contribution >= 0.6 is 0 Å². The van der Waals surface area contributed by atoms with Crippen molar-refractivity contribution in [2.45, 2.75) is 78.1 Å². The summed E-state index contributed by atoms with van der Waals surface area (Å²) in [7, 11) is 0. The van der Waals surface area contributed by atoms with E-state index in [0.717, 1.165) is 18.9 Å². The van der Waals surface area contributed by atoms with Crippen molar-refractivity contribution >= 4 is 17.9 Å². The van der Waals surface area contributed by atoms with E-state index in [1.807, 2.05) is 20.8 Å². The summed E-state index contributed by atoms with van der Waals surface area (Å²) in [6.45, 7) is 9.46. The zero-order valence-corrected chi connectivity index (χ0v) is 19.1. The first-order valence-corrected chi connectivity index (χ1v) is 12.1. The van der Waals surface area contributed by atoms with Gasteiger partial charge in [-0.15, -0.1) is 0 Å². The van der Waals surface area contributed by atoms with Gasteiger partial charge in [-0.1, -0.05) is 27.7 Å². The molecule has 7 nitrogen and oxygen atoms in total. The van der Waals surface area contributed by atoms with Crippen molar-refractivity contribution in [2.24, 2.45) is 41.4 Å². The molecule has 0 spiro atoms. The predicted octanol–water partition coefficient (Wildman–Crippen LogP) is 3.14. The first-order valence-electron chi connectivity index (χ1n) is 12.1. The maximum absolute atomic E-state index is 11.2. The average molecular weight is 437 g/mol. The Bertz CT molecular complexity index is 704. The molecule has 31 heavy (non-hydrogen) atoms. The molecule has 0 aromatic rings. The van der Waals surface area contributed by atoms with E-state index in [9.17, 15) is 14.4 Å². The van der Waals surface area contributed by atoms with Crippen LogP contribution < -0.4 is 0 Å². The Kier molecular flexibility index (Phi) is 6.61. The standard InChI is InChI=1S/C9H12O2.C8H10O3.C5H8O2.C2H6/c10-9-8-6-2-1-5(3-6)7(8)4-11-9;1-3-5-2-4-7(10-5)6(3)11-8(4)9;1-4-2-5(6)7-3-4;1-2/h5-8H,1-4H2;3-7H,2H2,1H3;4H,2-3H2,1H3;1-2H3/t;3-,4?,5?,6?,7?;4-;/m.11./s1. The second-order valence-corrected chi connectivity index (χ2v) is 9.89. The zero-order valence-electron chi connectivity index (χ0n) is 19.1. The van der Waals surface area contributed by atoms with Crippen LogP contribution in [-0.4, -0.2) is 49.4 Å². The molecule has 5 aliphatic heterocycles. The van der Waals surface area contributed by atoms with Crippen LogP contribution in [0.15, 0.2) is 0 Å². The SMILES string of the molecule is CC.C[C@@H]1C2CC3C(=O)OC1C3O2.C[C@H]1COC(=O)C1.O=C1OCC2C3CCC(C3)C12. The van der Waals surface area contributed by atoms with Crippen LogP contribution in [-0.2, 0) is 33.3 Å². The molecule has 0 amide bonds. The number of ether oxygens (including phenoxy) is 4. The van der Waals surface area contributed by atoms with Gasteiger partial charge < -0.3 is 18.9 Å².